The zero-order chi connectivity index (χ0) is 21.1. The molecule has 0 aromatic carbocycles. The number of carbonyl (C=O) groups excluding carboxylic acids is 3. The quantitative estimate of drug-likeness (QED) is 0.174. The predicted octanol–water partition coefficient (Wildman–Crippen LogP) is -2.58. The maximum atomic E-state index is 12.2. The number of aliphatic hydroxyl groups is 1. The summed E-state index contributed by atoms with van der Waals surface area (Å²) in [6.45, 7) is 1.90. The van der Waals surface area contributed by atoms with Crippen molar-refractivity contribution >= 4 is 23.7 Å². The SMILES string of the molecule is CC(NC(=O)C1CCCN1)C(=O)NC(CO)C(=O)NC(CCCCN)C(=O)O. The van der Waals surface area contributed by atoms with Crippen LogP contribution in [0.3, 0.4) is 0 Å². The van der Waals surface area contributed by atoms with Crippen LogP contribution < -0.4 is 27.0 Å². The standard InChI is InChI=1S/C17H31N5O6/c1-10(20-15(25)11-6-4-8-19-11)14(24)22-13(9-23)16(26)21-12(17(27)28)5-2-3-7-18/h10-13,19,23H,2-9,18H2,1H3,(H,20,25)(H,21,26)(H,22,24)(H,27,28). The van der Waals surface area contributed by atoms with Crippen LogP contribution in [0.15, 0.2) is 0 Å². The number of carbonyl (C=O) groups is 4. The Morgan fingerprint density at radius 2 is 1.79 bits per heavy atom. The number of nitrogens with two attached hydrogens (primary N) is 1. The predicted molar refractivity (Wildman–Crippen MR) is 100 cm³/mol. The molecule has 160 valence electrons. The van der Waals surface area contributed by atoms with Gasteiger partial charge in [0.25, 0.3) is 0 Å². The second-order valence-electron chi connectivity index (χ2n) is 6.81. The molecule has 1 aliphatic heterocycles. The van der Waals surface area contributed by atoms with Gasteiger partial charge in [0.1, 0.15) is 18.1 Å². The van der Waals surface area contributed by atoms with Crippen molar-refractivity contribution in [2.45, 2.75) is 63.2 Å². The fraction of sp³-hybridized carbons (Fsp3) is 0.765. The first-order chi connectivity index (χ1) is 13.3. The van der Waals surface area contributed by atoms with E-state index in [4.69, 9.17) is 5.73 Å². The molecule has 0 spiro atoms. The molecular weight excluding hydrogens is 370 g/mol. The third-order valence-electron chi connectivity index (χ3n) is 4.51. The Balaban J connectivity index is 2.55. The lowest BCUT2D eigenvalue weighted by Gasteiger charge is -2.22. The number of carboxylic acids is 1. The van der Waals surface area contributed by atoms with Crippen molar-refractivity contribution in [2.24, 2.45) is 5.73 Å². The van der Waals surface area contributed by atoms with Gasteiger partial charge in [-0.15, -0.1) is 0 Å². The second-order valence-corrected chi connectivity index (χ2v) is 6.81. The third kappa shape index (κ3) is 7.79. The minimum atomic E-state index is -1.33. The van der Waals surface area contributed by atoms with Crippen LogP contribution in [0.2, 0.25) is 0 Å². The molecule has 28 heavy (non-hydrogen) atoms. The Morgan fingerprint density at radius 1 is 1.11 bits per heavy atom. The first-order valence-corrected chi connectivity index (χ1v) is 9.48. The Bertz CT molecular complexity index is 552. The Hall–Kier alpha value is -2.24. The number of amides is 3. The summed E-state index contributed by atoms with van der Waals surface area (Å²) in [5.41, 5.74) is 5.37. The monoisotopic (exact) mass is 401 g/mol. The summed E-state index contributed by atoms with van der Waals surface area (Å²) in [4.78, 5) is 47.8. The average Bonchev–Trinajstić information content (AvgIpc) is 3.19. The molecule has 0 aliphatic carbocycles. The molecule has 0 aromatic rings. The molecule has 1 heterocycles. The lowest BCUT2D eigenvalue weighted by Crippen LogP contribution is -2.57. The maximum Gasteiger partial charge on any atom is 0.326 e. The summed E-state index contributed by atoms with van der Waals surface area (Å²) in [5.74, 6) is -2.99. The van der Waals surface area contributed by atoms with Crippen molar-refractivity contribution in [3.8, 4) is 0 Å². The molecule has 11 heteroatoms. The third-order valence-corrected chi connectivity index (χ3v) is 4.51. The lowest BCUT2D eigenvalue weighted by molar-refractivity contribution is -0.142. The smallest absolute Gasteiger partial charge is 0.326 e. The van der Waals surface area contributed by atoms with Crippen LogP contribution in [0.25, 0.3) is 0 Å². The number of aliphatic carboxylic acids is 1. The summed E-state index contributed by atoms with van der Waals surface area (Å²) >= 11 is 0. The van der Waals surface area contributed by atoms with Gasteiger partial charge < -0.3 is 37.2 Å². The Morgan fingerprint density at radius 3 is 2.32 bits per heavy atom. The van der Waals surface area contributed by atoms with E-state index in [1.807, 2.05) is 0 Å². The molecule has 0 bridgehead atoms. The van der Waals surface area contributed by atoms with E-state index in [2.05, 4.69) is 21.3 Å². The van der Waals surface area contributed by atoms with Crippen LogP contribution in [-0.4, -0.2) is 77.8 Å². The minimum absolute atomic E-state index is 0.186. The number of hydrogen-bond acceptors (Lipinski definition) is 7. The van der Waals surface area contributed by atoms with Crippen molar-refractivity contribution in [1.82, 2.24) is 21.3 Å². The molecule has 4 atom stereocenters. The number of hydrogen-bond donors (Lipinski definition) is 7. The van der Waals surface area contributed by atoms with Gasteiger partial charge in [0.2, 0.25) is 17.7 Å². The van der Waals surface area contributed by atoms with Gasteiger partial charge in [0.15, 0.2) is 0 Å². The molecule has 11 nitrogen and oxygen atoms in total. The highest BCUT2D eigenvalue weighted by Gasteiger charge is 2.29. The fourth-order valence-electron chi connectivity index (χ4n) is 2.80. The van der Waals surface area contributed by atoms with E-state index in [-0.39, 0.29) is 18.4 Å². The van der Waals surface area contributed by atoms with Crippen LogP contribution in [0, 0.1) is 0 Å². The van der Waals surface area contributed by atoms with Crippen LogP contribution >= 0.6 is 0 Å². The summed E-state index contributed by atoms with van der Waals surface area (Å²) in [6, 6.07) is -3.74. The zero-order valence-electron chi connectivity index (χ0n) is 16.1. The summed E-state index contributed by atoms with van der Waals surface area (Å²) in [6.07, 6.45) is 2.88. The van der Waals surface area contributed by atoms with Crippen molar-refractivity contribution < 1.29 is 29.4 Å². The molecule has 1 rings (SSSR count). The molecule has 3 amide bonds. The summed E-state index contributed by atoms with van der Waals surface area (Å²) in [7, 11) is 0. The van der Waals surface area contributed by atoms with E-state index >= 15 is 0 Å². The van der Waals surface area contributed by atoms with Gasteiger partial charge >= 0.3 is 5.97 Å². The van der Waals surface area contributed by atoms with E-state index in [9.17, 15) is 29.4 Å². The number of unbranched alkanes of at least 4 members (excludes halogenated alkanes) is 1. The molecule has 1 saturated heterocycles. The summed E-state index contributed by atoms with van der Waals surface area (Å²) in [5, 5.41) is 28.8. The lowest BCUT2D eigenvalue weighted by atomic mass is 10.1. The van der Waals surface area contributed by atoms with Gasteiger partial charge in [-0.1, -0.05) is 0 Å². The summed E-state index contributed by atoms with van der Waals surface area (Å²) < 4.78 is 0. The van der Waals surface area contributed by atoms with Crippen molar-refractivity contribution in [1.29, 1.82) is 0 Å². The molecule has 1 aliphatic rings. The van der Waals surface area contributed by atoms with Gasteiger partial charge in [0, 0.05) is 0 Å². The highest BCUT2D eigenvalue weighted by Crippen LogP contribution is 2.05. The van der Waals surface area contributed by atoms with Gasteiger partial charge in [-0.2, -0.15) is 0 Å². The average molecular weight is 401 g/mol. The number of rotatable bonds is 12. The van der Waals surface area contributed by atoms with Crippen LogP contribution in [0.5, 0.6) is 0 Å². The van der Waals surface area contributed by atoms with Gasteiger partial charge in [-0.05, 0) is 52.1 Å². The maximum absolute atomic E-state index is 12.2. The molecule has 0 aromatic heterocycles. The molecule has 1 fully saturated rings. The Labute approximate surface area is 163 Å². The topological polar surface area (TPSA) is 183 Å². The van der Waals surface area contributed by atoms with Gasteiger partial charge in [0.05, 0.1) is 12.6 Å². The van der Waals surface area contributed by atoms with Crippen LogP contribution in [-0.2, 0) is 19.2 Å². The van der Waals surface area contributed by atoms with E-state index < -0.39 is 42.5 Å². The van der Waals surface area contributed by atoms with Crippen molar-refractivity contribution in [3.05, 3.63) is 0 Å². The molecule has 0 radical (unpaired) electrons. The highest BCUT2D eigenvalue weighted by molar-refractivity contribution is 5.94. The highest BCUT2D eigenvalue weighted by atomic mass is 16.4. The van der Waals surface area contributed by atoms with Crippen LogP contribution in [0.4, 0.5) is 0 Å². The van der Waals surface area contributed by atoms with Gasteiger partial charge in [-0.25, -0.2) is 4.79 Å². The first-order valence-electron chi connectivity index (χ1n) is 9.48. The van der Waals surface area contributed by atoms with E-state index in [1.165, 1.54) is 6.92 Å². The molecule has 4 unspecified atom stereocenters. The normalized spacial score (nSPS) is 19.3. The molecule has 8 N–H and O–H groups in total. The number of carboxylic acid groups (broad SMARTS) is 1. The van der Waals surface area contributed by atoms with Crippen LogP contribution in [0.1, 0.15) is 39.0 Å². The first kappa shape index (κ1) is 23.8. The number of aliphatic hydroxyl groups excluding tert-OH is 1. The molecular formula is C17H31N5O6. The molecule has 0 saturated carbocycles. The van der Waals surface area contributed by atoms with Crippen molar-refractivity contribution in [2.75, 3.05) is 19.7 Å². The second kappa shape index (κ2) is 12.3. The Kier molecular flexibility index (Phi) is 10.4. The van der Waals surface area contributed by atoms with E-state index in [0.717, 1.165) is 13.0 Å². The van der Waals surface area contributed by atoms with Gasteiger partial charge in [-0.3, -0.25) is 14.4 Å². The zero-order valence-corrected chi connectivity index (χ0v) is 16.1. The fourth-order valence-corrected chi connectivity index (χ4v) is 2.80. The largest absolute Gasteiger partial charge is 0.480 e. The minimum Gasteiger partial charge on any atom is -0.480 e. The van der Waals surface area contributed by atoms with E-state index in [1.54, 1.807) is 0 Å². The number of nitrogens with one attached hydrogen (secondary N) is 4. The van der Waals surface area contributed by atoms with Crippen molar-refractivity contribution in [3.63, 3.8) is 0 Å². The van der Waals surface area contributed by atoms with E-state index in [0.29, 0.717) is 25.8 Å².